The zero-order chi connectivity index (χ0) is 9.10. The van der Waals surface area contributed by atoms with Gasteiger partial charge in [-0.25, -0.2) is 0 Å². The van der Waals surface area contributed by atoms with Crippen LogP contribution in [0.15, 0.2) is 6.20 Å². The minimum atomic E-state index is -0.204. The second-order valence-corrected chi connectivity index (χ2v) is 2.89. The summed E-state index contributed by atoms with van der Waals surface area (Å²) in [6.07, 6.45) is 2.26. The molecule has 1 aliphatic heterocycles. The first-order valence-electron chi connectivity index (χ1n) is 4.10. The van der Waals surface area contributed by atoms with Gasteiger partial charge in [0.1, 0.15) is 0 Å². The van der Waals surface area contributed by atoms with Crippen molar-refractivity contribution in [1.29, 1.82) is 0 Å². The molecule has 1 aromatic heterocycles. The fourth-order valence-corrected chi connectivity index (χ4v) is 1.22. The van der Waals surface area contributed by atoms with Crippen molar-refractivity contribution in [3.63, 3.8) is 0 Å². The number of hydrogen-bond donors (Lipinski definition) is 2. The number of ether oxygens (including phenoxy) is 1. The predicted octanol–water partition coefficient (Wildman–Crippen LogP) is -0.677. The molecular weight excluding hydrogens is 172 g/mol. The van der Waals surface area contributed by atoms with Gasteiger partial charge in [-0.05, 0) is 6.42 Å². The van der Waals surface area contributed by atoms with Crippen molar-refractivity contribution in [3.05, 3.63) is 11.9 Å². The number of aromatic nitrogens is 3. The number of carbonyl (C=O) groups excluding carboxylic acids is 1. The largest absolute Gasteiger partial charge is 0.379 e. The molecule has 0 aromatic carbocycles. The lowest BCUT2D eigenvalue weighted by molar-refractivity contribution is 0.0925. The van der Waals surface area contributed by atoms with Gasteiger partial charge in [-0.2, -0.15) is 15.4 Å². The molecule has 0 radical (unpaired) electrons. The van der Waals surface area contributed by atoms with Gasteiger partial charge in [0, 0.05) is 6.61 Å². The van der Waals surface area contributed by atoms with Gasteiger partial charge in [-0.3, -0.25) is 4.79 Å². The molecule has 1 atom stereocenters. The molecule has 6 nitrogen and oxygen atoms in total. The Balaban J connectivity index is 1.91. The Hall–Kier alpha value is -1.43. The fourth-order valence-electron chi connectivity index (χ4n) is 1.22. The first-order valence-corrected chi connectivity index (χ1v) is 4.10. The van der Waals surface area contributed by atoms with E-state index in [1.807, 2.05) is 0 Å². The van der Waals surface area contributed by atoms with E-state index < -0.39 is 0 Å². The van der Waals surface area contributed by atoms with Crippen LogP contribution in [-0.4, -0.2) is 40.6 Å². The number of H-pyrrole nitrogens is 1. The Morgan fingerprint density at radius 2 is 2.69 bits per heavy atom. The number of carbonyl (C=O) groups is 1. The minimum Gasteiger partial charge on any atom is -0.379 e. The maximum absolute atomic E-state index is 11.4. The maximum Gasteiger partial charge on any atom is 0.273 e. The van der Waals surface area contributed by atoms with Crippen LogP contribution in [0.2, 0.25) is 0 Å². The monoisotopic (exact) mass is 182 g/mol. The summed E-state index contributed by atoms with van der Waals surface area (Å²) in [6.45, 7) is 1.30. The van der Waals surface area contributed by atoms with E-state index in [2.05, 4.69) is 20.7 Å². The molecule has 1 unspecified atom stereocenters. The summed E-state index contributed by atoms with van der Waals surface area (Å²) in [6, 6.07) is 0.115. The molecule has 1 aliphatic rings. The second kappa shape index (κ2) is 3.53. The van der Waals surface area contributed by atoms with Gasteiger partial charge in [-0.15, -0.1) is 0 Å². The van der Waals surface area contributed by atoms with E-state index in [0.717, 1.165) is 6.42 Å². The maximum atomic E-state index is 11.4. The predicted molar refractivity (Wildman–Crippen MR) is 43.1 cm³/mol. The molecule has 6 heteroatoms. The van der Waals surface area contributed by atoms with E-state index in [4.69, 9.17) is 4.74 Å². The Bertz CT molecular complexity index is 279. The standard InChI is InChI=1S/C7H10N4O2/c12-7(6-3-8-11-10-6)9-5-1-2-13-4-5/h3,5H,1-2,4H2,(H,9,12)(H,8,10,11). The molecule has 0 aliphatic carbocycles. The number of nitrogens with zero attached hydrogens (tertiary/aromatic N) is 2. The van der Waals surface area contributed by atoms with Gasteiger partial charge >= 0.3 is 0 Å². The highest BCUT2D eigenvalue weighted by molar-refractivity contribution is 5.92. The van der Waals surface area contributed by atoms with E-state index in [0.29, 0.717) is 18.9 Å². The summed E-state index contributed by atoms with van der Waals surface area (Å²) in [4.78, 5) is 11.4. The van der Waals surface area contributed by atoms with Crippen LogP contribution >= 0.6 is 0 Å². The van der Waals surface area contributed by atoms with Crippen LogP contribution < -0.4 is 5.32 Å². The molecule has 1 aromatic rings. The summed E-state index contributed by atoms with van der Waals surface area (Å²) in [7, 11) is 0. The minimum absolute atomic E-state index is 0.115. The smallest absolute Gasteiger partial charge is 0.273 e. The first-order chi connectivity index (χ1) is 6.36. The van der Waals surface area contributed by atoms with Gasteiger partial charge in [0.05, 0.1) is 18.8 Å². The van der Waals surface area contributed by atoms with Crippen LogP contribution in [-0.2, 0) is 4.74 Å². The number of amides is 1. The quantitative estimate of drug-likeness (QED) is 0.635. The van der Waals surface area contributed by atoms with Crippen LogP contribution in [0.4, 0.5) is 0 Å². The number of nitrogens with one attached hydrogen (secondary N) is 2. The van der Waals surface area contributed by atoms with Crippen LogP contribution in [0.5, 0.6) is 0 Å². The van der Waals surface area contributed by atoms with Gasteiger partial charge in [0.25, 0.3) is 5.91 Å². The fraction of sp³-hybridized carbons (Fsp3) is 0.571. The van der Waals surface area contributed by atoms with E-state index in [1.165, 1.54) is 6.20 Å². The van der Waals surface area contributed by atoms with E-state index in [9.17, 15) is 4.79 Å². The van der Waals surface area contributed by atoms with Gasteiger partial charge in [0.2, 0.25) is 0 Å². The summed E-state index contributed by atoms with van der Waals surface area (Å²) in [5.41, 5.74) is 0.312. The SMILES string of the molecule is O=C(NC1CCOC1)c1cn[nH]n1. The third-order valence-electron chi connectivity index (χ3n) is 1.91. The molecule has 2 rings (SSSR count). The molecule has 1 amide bonds. The molecule has 0 saturated carbocycles. The zero-order valence-electron chi connectivity index (χ0n) is 6.99. The van der Waals surface area contributed by atoms with Gasteiger partial charge in [-0.1, -0.05) is 0 Å². The number of rotatable bonds is 2. The topological polar surface area (TPSA) is 79.9 Å². The lowest BCUT2D eigenvalue weighted by atomic mass is 10.2. The van der Waals surface area contributed by atoms with E-state index in [1.54, 1.807) is 0 Å². The Kier molecular flexibility index (Phi) is 2.22. The zero-order valence-corrected chi connectivity index (χ0v) is 6.99. The van der Waals surface area contributed by atoms with Crippen molar-refractivity contribution in [1.82, 2.24) is 20.7 Å². The molecule has 2 heterocycles. The van der Waals surface area contributed by atoms with Crippen molar-refractivity contribution in [2.45, 2.75) is 12.5 Å². The van der Waals surface area contributed by atoms with Crippen LogP contribution in [0.1, 0.15) is 16.9 Å². The van der Waals surface area contributed by atoms with Crippen molar-refractivity contribution in [3.8, 4) is 0 Å². The highest BCUT2D eigenvalue weighted by Crippen LogP contribution is 2.03. The Morgan fingerprint density at radius 1 is 1.77 bits per heavy atom. The summed E-state index contributed by atoms with van der Waals surface area (Å²) in [5, 5.41) is 12.4. The van der Waals surface area contributed by atoms with Crippen LogP contribution in [0.25, 0.3) is 0 Å². The van der Waals surface area contributed by atoms with Gasteiger partial charge < -0.3 is 10.1 Å². The van der Waals surface area contributed by atoms with Crippen LogP contribution in [0, 0.1) is 0 Å². The first kappa shape index (κ1) is 8.18. The van der Waals surface area contributed by atoms with Gasteiger partial charge in [0.15, 0.2) is 5.69 Å². The summed E-state index contributed by atoms with van der Waals surface area (Å²) < 4.78 is 5.12. The van der Waals surface area contributed by atoms with E-state index in [-0.39, 0.29) is 11.9 Å². The Labute approximate surface area is 74.7 Å². The Morgan fingerprint density at radius 3 is 3.31 bits per heavy atom. The molecule has 0 spiro atoms. The summed E-state index contributed by atoms with van der Waals surface area (Å²) >= 11 is 0. The average molecular weight is 182 g/mol. The lowest BCUT2D eigenvalue weighted by Gasteiger charge is -2.07. The molecule has 70 valence electrons. The highest BCUT2D eigenvalue weighted by Gasteiger charge is 2.19. The third-order valence-corrected chi connectivity index (χ3v) is 1.91. The van der Waals surface area contributed by atoms with Crippen molar-refractivity contribution < 1.29 is 9.53 Å². The molecule has 1 saturated heterocycles. The van der Waals surface area contributed by atoms with Crippen LogP contribution in [0.3, 0.4) is 0 Å². The molecule has 1 fully saturated rings. The molecule has 0 bridgehead atoms. The number of aromatic amines is 1. The van der Waals surface area contributed by atoms with Crippen molar-refractivity contribution in [2.75, 3.05) is 13.2 Å². The van der Waals surface area contributed by atoms with Crippen molar-refractivity contribution in [2.24, 2.45) is 0 Å². The lowest BCUT2D eigenvalue weighted by Crippen LogP contribution is -2.35. The highest BCUT2D eigenvalue weighted by atomic mass is 16.5. The van der Waals surface area contributed by atoms with Crippen molar-refractivity contribution >= 4 is 5.91 Å². The number of hydrogen-bond acceptors (Lipinski definition) is 4. The average Bonchev–Trinajstić information content (AvgIpc) is 2.74. The molecular formula is C7H10N4O2. The normalized spacial score (nSPS) is 21.7. The molecule has 13 heavy (non-hydrogen) atoms. The van der Waals surface area contributed by atoms with E-state index >= 15 is 0 Å². The second-order valence-electron chi connectivity index (χ2n) is 2.89. The molecule has 2 N–H and O–H groups in total. The third kappa shape index (κ3) is 1.83. The summed E-state index contributed by atoms with van der Waals surface area (Å²) in [5.74, 6) is -0.204.